The quantitative estimate of drug-likeness (QED) is 0.735. The number of benzene rings is 1. The predicted octanol–water partition coefficient (Wildman–Crippen LogP) is 1.79. The van der Waals surface area contributed by atoms with Crippen molar-refractivity contribution in [2.75, 3.05) is 12.4 Å². The Labute approximate surface area is 114 Å². The summed E-state index contributed by atoms with van der Waals surface area (Å²) in [5.41, 5.74) is 0.575. The van der Waals surface area contributed by atoms with E-state index < -0.39 is 10.0 Å². The molecular weight excluding hydrogens is 264 g/mol. The zero-order chi connectivity index (χ0) is 14.1. The molecule has 0 saturated carbocycles. The highest BCUT2D eigenvalue weighted by Crippen LogP contribution is 2.13. The van der Waals surface area contributed by atoms with Crippen LogP contribution >= 0.6 is 0 Å². The number of nitriles is 1. The second kappa shape index (κ2) is 7.77. The van der Waals surface area contributed by atoms with Gasteiger partial charge in [-0.1, -0.05) is 18.9 Å². The topological polar surface area (TPSA) is 93.2 Å². The minimum absolute atomic E-state index is 0.0398. The lowest BCUT2D eigenvalue weighted by molar-refractivity contribution is 0.305. The van der Waals surface area contributed by atoms with Gasteiger partial charge in [-0.2, -0.15) is 5.26 Å². The fourth-order valence-electron chi connectivity index (χ4n) is 1.60. The number of hydrogen-bond acceptors (Lipinski definition) is 4. The Morgan fingerprint density at radius 3 is 2.63 bits per heavy atom. The van der Waals surface area contributed by atoms with Crippen molar-refractivity contribution in [3.8, 4) is 11.8 Å². The molecule has 1 rings (SSSR count). The van der Waals surface area contributed by atoms with Crippen LogP contribution in [0.5, 0.6) is 5.75 Å². The molecule has 1 aromatic carbocycles. The molecule has 1 aromatic rings. The highest BCUT2D eigenvalue weighted by atomic mass is 32.2. The molecule has 0 heterocycles. The van der Waals surface area contributed by atoms with Crippen LogP contribution in [0.2, 0.25) is 0 Å². The molecule has 0 aliphatic carbocycles. The van der Waals surface area contributed by atoms with E-state index in [-0.39, 0.29) is 5.75 Å². The molecule has 0 amide bonds. The molecule has 0 unspecified atom stereocenters. The third-order valence-corrected chi connectivity index (χ3v) is 3.41. The van der Waals surface area contributed by atoms with Gasteiger partial charge in [-0.05, 0) is 31.0 Å². The summed E-state index contributed by atoms with van der Waals surface area (Å²) in [6.07, 6.45) is 3.15. The molecule has 0 radical (unpaired) electrons. The fourth-order valence-corrected chi connectivity index (χ4v) is 2.21. The highest BCUT2D eigenvalue weighted by molar-refractivity contribution is 7.89. The lowest BCUT2D eigenvalue weighted by Gasteiger charge is -2.06. The third kappa shape index (κ3) is 7.44. The Balaban J connectivity index is 2.12. The number of nitrogens with zero attached hydrogens (tertiary/aromatic N) is 1. The number of nitrogens with two attached hydrogens (primary N) is 1. The summed E-state index contributed by atoms with van der Waals surface area (Å²) in [6.45, 7) is 0.560. The van der Waals surface area contributed by atoms with Crippen LogP contribution in [0.25, 0.3) is 0 Å². The molecule has 0 fully saturated rings. The standard InChI is InChI=1S/C13H18N2O3S/c14-11-12-6-5-7-13(10-12)18-8-3-1-2-4-9-19(15,16)17/h5-7,10H,1-4,8-9H2,(H2,15,16,17). The van der Waals surface area contributed by atoms with E-state index in [1.807, 2.05) is 6.07 Å². The Hall–Kier alpha value is -1.58. The monoisotopic (exact) mass is 282 g/mol. The lowest BCUT2D eigenvalue weighted by atomic mass is 10.2. The van der Waals surface area contributed by atoms with Gasteiger partial charge >= 0.3 is 0 Å². The van der Waals surface area contributed by atoms with Gasteiger partial charge in [0, 0.05) is 0 Å². The van der Waals surface area contributed by atoms with Gasteiger partial charge in [0.05, 0.1) is 24.0 Å². The second-order valence-corrected chi connectivity index (χ2v) is 6.00. The normalized spacial score (nSPS) is 10.9. The Kier molecular flexibility index (Phi) is 6.33. The number of sulfonamides is 1. The first-order chi connectivity index (χ1) is 9.01. The molecule has 0 spiro atoms. The van der Waals surface area contributed by atoms with Crippen LogP contribution in [-0.4, -0.2) is 20.8 Å². The second-order valence-electron chi connectivity index (χ2n) is 4.27. The van der Waals surface area contributed by atoms with E-state index in [9.17, 15) is 8.42 Å². The summed E-state index contributed by atoms with van der Waals surface area (Å²) in [7, 11) is -3.33. The minimum Gasteiger partial charge on any atom is -0.494 e. The van der Waals surface area contributed by atoms with Crippen LogP contribution in [0.4, 0.5) is 0 Å². The number of rotatable bonds is 8. The fraction of sp³-hybridized carbons (Fsp3) is 0.462. The van der Waals surface area contributed by atoms with Crippen molar-refractivity contribution in [1.29, 1.82) is 5.26 Å². The van der Waals surface area contributed by atoms with E-state index in [4.69, 9.17) is 15.1 Å². The van der Waals surface area contributed by atoms with Crippen molar-refractivity contribution in [1.82, 2.24) is 0 Å². The SMILES string of the molecule is N#Cc1cccc(OCCCCCCS(N)(=O)=O)c1. The van der Waals surface area contributed by atoms with Crippen molar-refractivity contribution < 1.29 is 13.2 Å². The summed E-state index contributed by atoms with van der Waals surface area (Å²) < 4.78 is 26.9. The molecule has 0 bridgehead atoms. The van der Waals surface area contributed by atoms with Gasteiger partial charge in [-0.25, -0.2) is 13.6 Å². The van der Waals surface area contributed by atoms with Gasteiger partial charge in [0.15, 0.2) is 0 Å². The summed E-state index contributed by atoms with van der Waals surface area (Å²) >= 11 is 0. The van der Waals surface area contributed by atoms with Crippen molar-refractivity contribution in [3.63, 3.8) is 0 Å². The van der Waals surface area contributed by atoms with Crippen molar-refractivity contribution in [2.24, 2.45) is 5.14 Å². The lowest BCUT2D eigenvalue weighted by Crippen LogP contribution is -2.16. The van der Waals surface area contributed by atoms with Crippen molar-refractivity contribution in [3.05, 3.63) is 29.8 Å². The van der Waals surface area contributed by atoms with Gasteiger partial charge in [-0.3, -0.25) is 0 Å². The molecular formula is C13H18N2O3S. The predicted molar refractivity (Wildman–Crippen MR) is 73.1 cm³/mol. The first-order valence-corrected chi connectivity index (χ1v) is 7.86. The van der Waals surface area contributed by atoms with Crippen molar-refractivity contribution in [2.45, 2.75) is 25.7 Å². The average Bonchev–Trinajstić information content (AvgIpc) is 2.36. The maximum Gasteiger partial charge on any atom is 0.209 e. The van der Waals surface area contributed by atoms with Crippen LogP contribution < -0.4 is 9.88 Å². The van der Waals surface area contributed by atoms with Crippen LogP contribution in [-0.2, 0) is 10.0 Å². The van der Waals surface area contributed by atoms with Gasteiger partial charge in [0.25, 0.3) is 0 Å². The number of unbranched alkanes of at least 4 members (excludes halogenated alkanes) is 3. The van der Waals surface area contributed by atoms with Crippen LogP contribution in [0.15, 0.2) is 24.3 Å². The van der Waals surface area contributed by atoms with Crippen molar-refractivity contribution >= 4 is 10.0 Å². The summed E-state index contributed by atoms with van der Waals surface area (Å²) in [6, 6.07) is 9.05. The Morgan fingerprint density at radius 1 is 1.21 bits per heavy atom. The first kappa shape index (κ1) is 15.5. The van der Waals surface area contributed by atoms with Crippen LogP contribution in [0, 0.1) is 11.3 Å². The van der Waals surface area contributed by atoms with Crippen LogP contribution in [0.1, 0.15) is 31.2 Å². The van der Waals surface area contributed by atoms with Gasteiger partial charge in [-0.15, -0.1) is 0 Å². The van der Waals surface area contributed by atoms with E-state index in [1.54, 1.807) is 18.2 Å². The zero-order valence-electron chi connectivity index (χ0n) is 10.7. The maximum atomic E-state index is 10.7. The molecule has 5 nitrogen and oxygen atoms in total. The van der Waals surface area contributed by atoms with E-state index in [0.29, 0.717) is 24.3 Å². The maximum absolute atomic E-state index is 10.7. The molecule has 104 valence electrons. The molecule has 0 saturated heterocycles. The largest absolute Gasteiger partial charge is 0.494 e. The van der Waals surface area contributed by atoms with Gasteiger partial charge < -0.3 is 4.74 Å². The summed E-state index contributed by atoms with van der Waals surface area (Å²) in [5, 5.41) is 13.6. The first-order valence-electron chi connectivity index (χ1n) is 6.15. The van der Waals surface area contributed by atoms with Gasteiger partial charge in [0.1, 0.15) is 5.75 Å². The van der Waals surface area contributed by atoms with E-state index in [1.165, 1.54) is 0 Å². The number of primary sulfonamides is 1. The average molecular weight is 282 g/mol. The van der Waals surface area contributed by atoms with Crippen LogP contribution in [0.3, 0.4) is 0 Å². The number of hydrogen-bond donors (Lipinski definition) is 1. The number of ether oxygens (including phenoxy) is 1. The Bertz CT molecular complexity index is 535. The van der Waals surface area contributed by atoms with E-state index in [2.05, 4.69) is 6.07 Å². The molecule has 0 aliphatic rings. The Morgan fingerprint density at radius 2 is 1.95 bits per heavy atom. The molecule has 0 aromatic heterocycles. The molecule has 19 heavy (non-hydrogen) atoms. The summed E-state index contributed by atoms with van der Waals surface area (Å²) in [5.74, 6) is 0.724. The third-order valence-electron chi connectivity index (χ3n) is 2.56. The molecule has 0 aliphatic heterocycles. The zero-order valence-corrected chi connectivity index (χ0v) is 11.5. The minimum atomic E-state index is -3.33. The molecule has 2 N–H and O–H groups in total. The highest BCUT2D eigenvalue weighted by Gasteiger charge is 2.01. The van der Waals surface area contributed by atoms with E-state index in [0.717, 1.165) is 19.3 Å². The van der Waals surface area contributed by atoms with E-state index >= 15 is 0 Å². The summed E-state index contributed by atoms with van der Waals surface area (Å²) in [4.78, 5) is 0. The van der Waals surface area contributed by atoms with Gasteiger partial charge in [0.2, 0.25) is 10.0 Å². The molecule has 0 atom stereocenters. The molecule has 6 heteroatoms. The smallest absolute Gasteiger partial charge is 0.209 e.